The summed E-state index contributed by atoms with van der Waals surface area (Å²) in [4.78, 5) is 4.28. The third-order valence-corrected chi connectivity index (χ3v) is 3.46. The van der Waals surface area contributed by atoms with Gasteiger partial charge in [-0.05, 0) is 37.8 Å². The Labute approximate surface area is 106 Å². The molecule has 1 aromatic heterocycles. The fraction of sp³-hybridized carbons (Fsp3) is 0.643. The molecule has 0 aromatic carbocycles. The molecule has 0 bridgehead atoms. The summed E-state index contributed by atoms with van der Waals surface area (Å²) >= 11 is 0. The Kier molecular flexibility index (Phi) is 6.27. The molecule has 0 aliphatic carbocycles. The molecule has 1 aliphatic rings. The maximum absolute atomic E-state index is 4.28. The number of nitrogens with zero attached hydrogens (tertiary/aromatic N) is 1. The number of hydrogen-bond acceptors (Lipinski definition) is 2. The Morgan fingerprint density at radius 3 is 2.71 bits per heavy atom. The normalized spacial score (nSPS) is 19.2. The highest BCUT2D eigenvalue weighted by molar-refractivity contribution is 6.73. The molecule has 0 radical (unpaired) electrons. The Morgan fingerprint density at radius 1 is 1.35 bits per heavy atom. The van der Waals surface area contributed by atoms with Crippen molar-refractivity contribution in [3.05, 3.63) is 24.0 Å². The number of rotatable bonds is 2. The lowest BCUT2D eigenvalue weighted by atomic mass is 9.38. The van der Waals surface area contributed by atoms with Crippen molar-refractivity contribution < 1.29 is 0 Å². The fourth-order valence-corrected chi connectivity index (χ4v) is 2.41. The Bertz CT molecular complexity index is 322. The van der Waals surface area contributed by atoms with E-state index in [-0.39, 0.29) is 0 Å². The van der Waals surface area contributed by atoms with Crippen molar-refractivity contribution in [2.75, 3.05) is 13.1 Å². The van der Waals surface area contributed by atoms with Crippen molar-refractivity contribution in [3.63, 3.8) is 0 Å². The van der Waals surface area contributed by atoms with Gasteiger partial charge in [0.2, 0.25) is 0 Å². The minimum Gasteiger partial charge on any atom is -0.317 e. The monoisotopic (exact) mass is 232 g/mol. The lowest BCUT2D eigenvalue weighted by Crippen LogP contribution is -2.40. The first kappa shape index (κ1) is 14.2. The van der Waals surface area contributed by atoms with Crippen molar-refractivity contribution in [1.82, 2.24) is 10.3 Å². The second-order valence-corrected chi connectivity index (χ2v) is 4.69. The molecule has 0 amide bonds. The van der Waals surface area contributed by atoms with Crippen LogP contribution in [0.25, 0.3) is 0 Å². The van der Waals surface area contributed by atoms with E-state index in [4.69, 9.17) is 0 Å². The van der Waals surface area contributed by atoms with Crippen LogP contribution in [0.4, 0.5) is 0 Å². The van der Waals surface area contributed by atoms with Gasteiger partial charge < -0.3 is 5.32 Å². The second-order valence-electron chi connectivity index (χ2n) is 4.69. The number of pyridine rings is 1. The van der Waals surface area contributed by atoms with E-state index in [2.05, 4.69) is 30.1 Å². The van der Waals surface area contributed by atoms with Gasteiger partial charge in [-0.3, -0.25) is 4.98 Å². The first-order valence-corrected chi connectivity index (χ1v) is 6.89. The highest BCUT2D eigenvalue weighted by Crippen LogP contribution is 2.19. The van der Waals surface area contributed by atoms with Crippen molar-refractivity contribution in [1.29, 1.82) is 0 Å². The minimum atomic E-state index is 0.630. The van der Waals surface area contributed by atoms with E-state index in [1.165, 1.54) is 30.4 Å². The van der Waals surface area contributed by atoms with Gasteiger partial charge in [0, 0.05) is 12.4 Å². The van der Waals surface area contributed by atoms with E-state index in [9.17, 15) is 0 Å². The predicted molar refractivity (Wildman–Crippen MR) is 77.4 cm³/mol. The third-order valence-electron chi connectivity index (χ3n) is 3.46. The fourth-order valence-electron chi connectivity index (χ4n) is 2.41. The van der Waals surface area contributed by atoms with Crippen molar-refractivity contribution >= 4 is 12.2 Å². The molecule has 1 saturated heterocycles. The maximum Gasteiger partial charge on any atom is 0.179 e. The van der Waals surface area contributed by atoms with Gasteiger partial charge >= 0.3 is 0 Å². The van der Waals surface area contributed by atoms with Crippen LogP contribution in [0.3, 0.4) is 0 Å². The summed E-state index contributed by atoms with van der Waals surface area (Å²) < 4.78 is 0. The zero-order valence-corrected chi connectivity index (χ0v) is 11.7. The van der Waals surface area contributed by atoms with Crippen LogP contribution in [0.1, 0.15) is 32.3 Å². The molecule has 17 heavy (non-hydrogen) atoms. The molecular weight excluding hydrogens is 207 g/mol. The molecule has 0 saturated carbocycles. The molecule has 2 rings (SSSR count). The summed E-state index contributed by atoms with van der Waals surface area (Å²) in [6.45, 7) is 11.4. The van der Waals surface area contributed by atoms with E-state index >= 15 is 0 Å². The van der Waals surface area contributed by atoms with Crippen LogP contribution in [0, 0.1) is 6.92 Å². The topological polar surface area (TPSA) is 24.9 Å². The number of piperidine rings is 1. The van der Waals surface area contributed by atoms with Gasteiger partial charge in [0.05, 0.1) is 0 Å². The summed E-state index contributed by atoms with van der Waals surface area (Å²) in [5.41, 5.74) is 2.66. The van der Waals surface area contributed by atoms with E-state index in [1.54, 1.807) is 0 Å². The molecule has 2 nitrogen and oxygen atoms in total. The maximum atomic E-state index is 4.28. The molecule has 1 aromatic rings. The Morgan fingerprint density at radius 2 is 2.12 bits per heavy atom. The number of aromatic nitrogens is 1. The van der Waals surface area contributed by atoms with Crippen LogP contribution in [-0.2, 0) is 0 Å². The van der Waals surface area contributed by atoms with E-state index in [1.807, 2.05) is 26.2 Å². The molecule has 1 fully saturated rings. The zero-order chi connectivity index (χ0) is 12.7. The molecular formula is C14H25BN2. The van der Waals surface area contributed by atoms with Crippen LogP contribution >= 0.6 is 0 Å². The van der Waals surface area contributed by atoms with Gasteiger partial charge in [-0.1, -0.05) is 38.6 Å². The van der Waals surface area contributed by atoms with Crippen molar-refractivity contribution in [2.24, 2.45) is 0 Å². The Balaban J connectivity index is 0.000000686. The van der Waals surface area contributed by atoms with Crippen LogP contribution in [0.2, 0.25) is 12.6 Å². The van der Waals surface area contributed by atoms with Crippen molar-refractivity contribution in [2.45, 2.75) is 46.3 Å². The van der Waals surface area contributed by atoms with Gasteiger partial charge in [0.25, 0.3) is 0 Å². The summed E-state index contributed by atoms with van der Waals surface area (Å²) in [6.07, 6.45) is 6.61. The molecule has 1 aliphatic heterocycles. The second kappa shape index (κ2) is 7.49. The molecule has 2 heterocycles. The third kappa shape index (κ3) is 4.16. The summed E-state index contributed by atoms with van der Waals surface area (Å²) in [7, 11) is 0. The zero-order valence-electron chi connectivity index (χ0n) is 11.7. The van der Waals surface area contributed by atoms with E-state index < -0.39 is 0 Å². The van der Waals surface area contributed by atoms with Gasteiger partial charge in [0.15, 0.2) is 6.71 Å². The van der Waals surface area contributed by atoms with E-state index in [0.717, 1.165) is 12.4 Å². The van der Waals surface area contributed by atoms with Crippen LogP contribution in [0.15, 0.2) is 18.5 Å². The highest BCUT2D eigenvalue weighted by Gasteiger charge is 2.24. The molecule has 94 valence electrons. The quantitative estimate of drug-likeness (QED) is 0.792. The summed E-state index contributed by atoms with van der Waals surface area (Å²) in [5.74, 6) is 0.780. The lowest BCUT2D eigenvalue weighted by molar-refractivity contribution is 0.514. The Hall–Kier alpha value is -0.825. The summed E-state index contributed by atoms with van der Waals surface area (Å²) in [5, 5.41) is 3.48. The average Bonchev–Trinajstić information content (AvgIpc) is 2.41. The van der Waals surface area contributed by atoms with E-state index in [0.29, 0.717) is 6.71 Å². The summed E-state index contributed by atoms with van der Waals surface area (Å²) in [6, 6.07) is 2.27. The van der Waals surface area contributed by atoms with Crippen LogP contribution < -0.4 is 10.8 Å². The molecule has 1 atom stereocenters. The first-order chi connectivity index (χ1) is 8.27. The van der Waals surface area contributed by atoms with Gasteiger partial charge in [-0.2, -0.15) is 0 Å². The minimum absolute atomic E-state index is 0.630. The van der Waals surface area contributed by atoms with Gasteiger partial charge in [-0.15, -0.1) is 0 Å². The number of nitrogens with one attached hydrogen (secondary N) is 1. The van der Waals surface area contributed by atoms with Crippen LogP contribution in [0.5, 0.6) is 0 Å². The highest BCUT2D eigenvalue weighted by atomic mass is 14.9. The average molecular weight is 232 g/mol. The SMILES string of the molecule is CB(c1cncc(C)c1)C1CCCNC1.CC. The van der Waals surface area contributed by atoms with Crippen LogP contribution in [-0.4, -0.2) is 24.8 Å². The molecule has 1 unspecified atom stereocenters. The van der Waals surface area contributed by atoms with Crippen molar-refractivity contribution in [3.8, 4) is 0 Å². The molecule has 0 spiro atoms. The number of hydrogen-bond donors (Lipinski definition) is 1. The lowest BCUT2D eigenvalue weighted by Gasteiger charge is -2.26. The van der Waals surface area contributed by atoms with Gasteiger partial charge in [-0.25, -0.2) is 0 Å². The first-order valence-electron chi connectivity index (χ1n) is 6.89. The number of aryl methyl sites for hydroxylation is 1. The molecule has 1 N–H and O–H groups in total. The smallest absolute Gasteiger partial charge is 0.179 e. The van der Waals surface area contributed by atoms with Gasteiger partial charge in [0.1, 0.15) is 0 Å². The molecule has 3 heteroatoms. The largest absolute Gasteiger partial charge is 0.317 e. The predicted octanol–water partition coefficient (Wildman–Crippen LogP) is 2.50. The standard InChI is InChI=1S/C12H19BN2.C2H6/c1-10-6-12(9-15-7-10)13(2)11-4-3-5-14-8-11;1-2/h6-7,9,11,14H,3-5,8H2,1-2H3;1-2H3.